The minimum Gasteiger partial charge on any atom is -0.481 e. The van der Waals surface area contributed by atoms with Gasteiger partial charge in [0.1, 0.15) is 5.75 Å². The van der Waals surface area contributed by atoms with Crippen LogP contribution >= 0.6 is 0 Å². The number of benzene rings is 1. The molecule has 3 nitrogen and oxygen atoms in total. The van der Waals surface area contributed by atoms with Crippen LogP contribution in [0.4, 0.5) is 0 Å². The van der Waals surface area contributed by atoms with Crippen molar-refractivity contribution in [3.8, 4) is 5.75 Å². The summed E-state index contributed by atoms with van der Waals surface area (Å²) in [5, 5.41) is 2.58. The van der Waals surface area contributed by atoms with Gasteiger partial charge in [0, 0.05) is 7.05 Å². The van der Waals surface area contributed by atoms with Crippen LogP contribution in [0.15, 0.2) is 18.2 Å². The van der Waals surface area contributed by atoms with Crippen molar-refractivity contribution in [2.75, 3.05) is 7.05 Å². The lowest BCUT2D eigenvalue weighted by Gasteiger charge is -2.18. The standard InChI is InChI=1S/C14H19NO2/c1-10(14(16)15-2)17-13-8-7-11-5-3-4-6-12(11)9-13/h7-10H,3-6H2,1-2H3,(H,15,16)/t10-/m1/s1. The molecule has 0 aromatic heterocycles. The molecule has 0 saturated heterocycles. The van der Waals surface area contributed by atoms with Crippen molar-refractivity contribution in [2.24, 2.45) is 0 Å². The molecule has 0 heterocycles. The smallest absolute Gasteiger partial charge is 0.260 e. The Morgan fingerprint density at radius 2 is 2.00 bits per heavy atom. The zero-order chi connectivity index (χ0) is 12.3. The van der Waals surface area contributed by atoms with Gasteiger partial charge in [0.05, 0.1) is 0 Å². The largest absolute Gasteiger partial charge is 0.481 e. The first-order valence-electron chi connectivity index (χ1n) is 6.21. The van der Waals surface area contributed by atoms with Gasteiger partial charge in [-0.2, -0.15) is 0 Å². The van der Waals surface area contributed by atoms with Gasteiger partial charge in [-0.05, 0) is 55.9 Å². The van der Waals surface area contributed by atoms with Crippen molar-refractivity contribution < 1.29 is 9.53 Å². The lowest BCUT2D eigenvalue weighted by Crippen LogP contribution is -2.33. The van der Waals surface area contributed by atoms with Crippen LogP contribution in [0.1, 0.15) is 30.9 Å². The van der Waals surface area contributed by atoms with E-state index < -0.39 is 6.10 Å². The Hall–Kier alpha value is -1.51. The van der Waals surface area contributed by atoms with Gasteiger partial charge in [0.2, 0.25) is 0 Å². The molecule has 17 heavy (non-hydrogen) atoms. The highest BCUT2D eigenvalue weighted by Crippen LogP contribution is 2.25. The van der Waals surface area contributed by atoms with Gasteiger partial charge in [-0.15, -0.1) is 0 Å². The number of hydrogen-bond donors (Lipinski definition) is 1. The van der Waals surface area contributed by atoms with E-state index in [-0.39, 0.29) is 5.91 Å². The summed E-state index contributed by atoms with van der Waals surface area (Å²) in [5.74, 6) is 0.699. The van der Waals surface area contributed by atoms with E-state index in [0.717, 1.165) is 12.2 Å². The summed E-state index contributed by atoms with van der Waals surface area (Å²) in [5.41, 5.74) is 2.80. The van der Waals surface area contributed by atoms with Gasteiger partial charge in [0.25, 0.3) is 5.91 Å². The number of amides is 1. The second-order valence-electron chi connectivity index (χ2n) is 4.51. The molecule has 0 bridgehead atoms. The molecule has 92 valence electrons. The maximum absolute atomic E-state index is 11.4. The summed E-state index contributed by atoms with van der Waals surface area (Å²) in [6, 6.07) is 6.16. The van der Waals surface area contributed by atoms with Crippen molar-refractivity contribution in [2.45, 2.75) is 38.7 Å². The third kappa shape index (κ3) is 2.78. The van der Waals surface area contributed by atoms with Crippen molar-refractivity contribution in [1.29, 1.82) is 0 Å². The quantitative estimate of drug-likeness (QED) is 0.868. The van der Waals surface area contributed by atoms with E-state index in [2.05, 4.69) is 17.4 Å². The van der Waals surface area contributed by atoms with Gasteiger partial charge in [-0.1, -0.05) is 6.07 Å². The second kappa shape index (κ2) is 5.21. The van der Waals surface area contributed by atoms with E-state index in [1.807, 2.05) is 6.07 Å². The summed E-state index contributed by atoms with van der Waals surface area (Å²) in [7, 11) is 1.62. The van der Waals surface area contributed by atoms with Crippen LogP contribution in [0.3, 0.4) is 0 Å². The molecule has 3 heteroatoms. The highest BCUT2D eigenvalue weighted by Gasteiger charge is 2.14. The van der Waals surface area contributed by atoms with Gasteiger partial charge in [-0.25, -0.2) is 0 Å². The first-order chi connectivity index (χ1) is 8.20. The zero-order valence-corrected chi connectivity index (χ0v) is 10.5. The third-order valence-corrected chi connectivity index (χ3v) is 3.25. The Bertz CT molecular complexity index is 415. The van der Waals surface area contributed by atoms with E-state index in [4.69, 9.17) is 4.74 Å². The minimum atomic E-state index is -0.443. The number of ether oxygens (including phenoxy) is 1. The molecule has 0 unspecified atom stereocenters. The molecule has 0 aliphatic heterocycles. The third-order valence-electron chi connectivity index (χ3n) is 3.25. The number of aryl methyl sites for hydroxylation is 2. The molecule has 1 amide bonds. The Morgan fingerprint density at radius 1 is 1.29 bits per heavy atom. The lowest BCUT2D eigenvalue weighted by molar-refractivity contribution is -0.126. The fourth-order valence-electron chi connectivity index (χ4n) is 2.24. The fourth-order valence-corrected chi connectivity index (χ4v) is 2.24. The van der Waals surface area contributed by atoms with Crippen molar-refractivity contribution in [3.05, 3.63) is 29.3 Å². The van der Waals surface area contributed by atoms with Gasteiger partial charge < -0.3 is 10.1 Å². The van der Waals surface area contributed by atoms with Crippen LogP contribution in [-0.4, -0.2) is 19.1 Å². The SMILES string of the molecule is CNC(=O)[C@@H](C)Oc1ccc2c(c1)CCCC2. The van der Waals surface area contributed by atoms with Crippen LogP contribution in [0.25, 0.3) is 0 Å². The number of rotatable bonds is 3. The molecular weight excluding hydrogens is 214 g/mol. The number of carbonyl (C=O) groups is 1. The van der Waals surface area contributed by atoms with Crippen LogP contribution in [0.2, 0.25) is 0 Å². The summed E-state index contributed by atoms with van der Waals surface area (Å²) in [4.78, 5) is 11.4. The molecular formula is C14H19NO2. The van der Waals surface area contributed by atoms with E-state index in [1.165, 1.54) is 30.4 Å². The lowest BCUT2D eigenvalue weighted by atomic mass is 9.92. The van der Waals surface area contributed by atoms with E-state index in [0.29, 0.717) is 0 Å². The molecule has 0 saturated carbocycles. The summed E-state index contributed by atoms with van der Waals surface area (Å²) in [6.07, 6.45) is 4.38. The molecule has 1 aliphatic carbocycles. The highest BCUT2D eigenvalue weighted by atomic mass is 16.5. The maximum atomic E-state index is 11.4. The van der Waals surface area contributed by atoms with E-state index in [1.54, 1.807) is 14.0 Å². The predicted molar refractivity (Wildman–Crippen MR) is 67.2 cm³/mol. The molecule has 1 atom stereocenters. The minimum absolute atomic E-state index is 0.0947. The van der Waals surface area contributed by atoms with Crippen molar-refractivity contribution in [3.63, 3.8) is 0 Å². The second-order valence-corrected chi connectivity index (χ2v) is 4.51. The Kier molecular flexibility index (Phi) is 3.67. The molecule has 0 spiro atoms. The monoisotopic (exact) mass is 233 g/mol. The zero-order valence-electron chi connectivity index (χ0n) is 10.5. The van der Waals surface area contributed by atoms with Crippen LogP contribution in [0, 0.1) is 0 Å². The Labute approximate surface area is 102 Å². The molecule has 1 aliphatic rings. The first-order valence-corrected chi connectivity index (χ1v) is 6.21. The number of nitrogens with one attached hydrogen (secondary N) is 1. The van der Waals surface area contributed by atoms with Crippen LogP contribution < -0.4 is 10.1 Å². The summed E-state index contributed by atoms with van der Waals surface area (Å²) >= 11 is 0. The topological polar surface area (TPSA) is 38.3 Å². The number of hydrogen-bond acceptors (Lipinski definition) is 2. The number of likely N-dealkylation sites (N-methyl/N-ethyl adjacent to an activating group) is 1. The number of fused-ring (bicyclic) bond motifs is 1. The van der Waals surface area contributed by atoms with Gasteiger partial charge in [-0.3, -0.25) is 4.79 Å². The number of carbonyl (C=O) groups excluding carboxylic acids is 1. The Morgan fingerprint density at radius 3 is 2.71 bits per heavy atom. The van der Waals surface area contributed by atoms with Crippen molar-refractivity contribution >= 4 is 5.91 Å². The van der Waals surface area contributed by atoms with Gasteiger partial charge in [0.15, 0.2) is 6.10 Å². The van der Waals surface area contributed by atoms with E-state index >= 15 is 0 Å². The maximum Gasteiger partial charge on any atom is 0.260 e. The predicted octanol–water partition coefficient (Wildman–Crippen LogP) is 2.08. The normalized spacial score (nSPS) is 15.9. The summed E-state index contributed by atoms with van der Waals surface area (Å²) < 4.78 is 5.62. The van der Waals surface area contributed by atoms with Crippen LogP contribution in [0.5, 0.6) is 5.75 Å². The fraction of sp³-hybridized carbons (Fsp3) is 0.500. The molecule has 2 rings (SSSR count). The van der Waals surface area contributed by atoms with Gasteiger partial charge >= 0.3 is 0 Å². The molecule has 1 aromatic carbocycles. The summed E-state index contributed by atoms with van der Waals surface area (Å²) in [6.45, 7) is 1.76. The first kappa shape index (κ1) is 12.0. The van der Waals surface area contributed by atoms with E-state index in [9.17, 15) is 4.79 Å². The van der Waals surface area contributed by atoms with Crippen molar-refractivity contribution in [1.82, 2.24) is 5.32 Å². The molecule has 1 aromatic rings. The highest BCUT2D eigenvalue weighted by molar-refractivity contribution is 5.80. The molecule has 0 radical (unpaired) electrons. The Balaban J connectivity index is 2.09. The molecule has 0 fully saturated rings. The van der Waals surface area contributed by atoms with Crippen LogP contribution in [-0.2, 0) is 17.6 Å². The molecule has 1 N–H and O–H groups in total. The average Bonchev–Trinajstić information content (AvgIpc) is 2.37. The average molecular weight is 233 g/mol.